The topological polar surface area (TPSA) is 113 Å². The first-order valence-electron chi connectivity index (χ1n) is 9.81. The monoisotopic (exact) mass is 513 g/mol. The molecule has 164 valence electrons. The standard InChI is InChI=1S/C23H20BrN3O4S/c1-2-3-7-20-26-22(28)21(32(30,31)19-10-8-18(24)9-11-19)23(29)27(20)13-12-16-5-4-6-17(14-16)15-25/h4-6,8-14,28H,2-3,7H2,1H3. The van der Waals surface area contributed by atoms with Crippen LogP contribution >= 0.6 is 15.9 Å². The van der Waals surface area contributed by atoms with Crippen LogP contribution in [0.3, 0.4) is 0 Å². The minimum Gasteiger partial charge on any atom is -0.492 e. The van der Waals surface area contributed by atoms with E-state index in [0.29, 0.717) is 28.4 Å². The van der Waals surface area contributed by atoms with Gasteiger partial charge in [-0.1, -0.05) is 41.4 Å². The van der Waals surface area contributed by atoms with E-state index in [9.17, 15) is 18.3 Å². The van der Waals surface area contributed by atoms with Crippen LogP contribution in [0.5, 0.6) is 5.88 Å². The van der Waals surface area contributed by atoms with Gasteiger partial charge in [-0.2, -0.15) is 10.2 Å². The van der Waals surface area contributed by atoms with Gasteiger partial charge in [0, 0.05) is 17.1 Å². The van der Waals surface area contributed by atoms with Crippen molar-refractivity contribution in [2.24, 2.45) is 0 Å². The average molecular weight is 514 g/mol. The van der Waals surface area contributed by atoms with Gasteiger partial charge in [0.15, 0.2) is 4.90 Å². The zero-order valence-corrected chi connectivity index (χ0v) is 19.6. The van der Waals surface area contributed by atoms with Crippen LogP contribution in [-0.2, 0) is 16.3 Å². The minimum absolute atomic E-state index is 0.131. The molecule has 0 saturated carbocycles. The lowest BCUT2D eigenvalue weighted by Crippen LogP contribution is -2.27. The fourth-order valence-electron chi connectivity index (χ4n) is 3.05. The van der Waals surface area contributed by atoms with Crippen molar-refractivity contribution in [2.45, 2.75) is 36.0 Å². The van der Waals surface area contributed by atoms with Crippen LogP contribution in [0, 0.1) is 11.3 Å². The van der Waals surface area contributed by atoms with Crippen molar-refractivity contribution in [3.63, 3.8) is 0 Å². The van der Waals surface area contributed by atoms with E-state index in [1.165, 1.54) is 30.5 Å². The van der Waals surface area contributed by atoms with E-state index in [4.69, 9.17) is 5.26 Å². The van der Waals surface area contributed by atoms with Crippen LogP contribution in [0.1, 0.15) is 36.7 Å². The Kier molecular flexibility index (Phi) is 7.28. The summed E-state index contributed by atoms with van der Waals surface area (Å²) in [5.74, 6) is -0.572. The second-order valence-electron chi connectivity index (χ2n) is 6.97. The number of rotatable bonds is 7. The number of aryl methyl sites for hydroxylation is 1. The maximum Gasteiger partial charge on any atom is 0.280 e. The average Bonchev–Trinajstić information content (AvgIpc) is 2.77. The Bertz CT molecular complexity index is 1370. The summed E-state index contributed by atoms with van der Waals surface area (Å²) in [5.41, 5.74) is 0.218. The second-order valence-corrected chi connectivity index (χ2v) is 9.77. The summed E-state index contributed by atoms with van der Waals surface area (Å²) < 4.78 is 28.1. The van der Waals surface area contributed by atoms with E-state index in [1.54, 1.807) is 30.3 Å². The van der Waals surface area contributed by atoms with E-state index in [0.717, 1.165) is 11.0 Å². The highest BCUT2D eigenvalue weighted by atomic mass is 79.9. The van der Waals surface area contributed by atoms with Gasteiger partial charge < -0.3 is 5.11 Å². The molecule has 1 aromatic heterocycles. The molecule has 0 radical (unpaired) electrons. The maximum atomic E-state index is 13.3. The maximum absolute atomic E-state index is 13.3. The van der Waals surface area contributed by atoms with Gasteiger partial charge in [0.1, 0.15) is 5.82 Å². The second kappa shape index (κ2) is 9.94. The van der Waals surface area contributed by atoms with Crippen LogP contribution in [0.25, 0.3) is 12.3 Å². The van der Waals surface area contributed by atoms with E-state index in [1.807, 2.05) is 13.0 Å². The largest absolute Gasteiger partial charge is 0.492 e. The van der Waals surface area contributed by atoms with Crippen molar-refractivity contribution in [1.82, 2.24) is 9.55 Å². The van der Waals surface area contributed by atoms with E-state index in [-0.39, 0.29) is 10.7 Å². The highest BCUT2D eigenvalue weighted by Gasteiger charge is 2.29. The van der Waals surface area contributed by atoms with Gasteiger partial charge in [-0.15, -0.1) is 0 Å². The predicted octanol–water partition coefficient (Wildman–Crippen LogP) is 4.39. The number of aromatic nitrogens is 2. The SMILES string of the molecule is CCCCc1nc(O)c(S(=O)(=O)c2ccc(Br)cc2)c(=O)n1C=Cc1cccc(C#N)c1. The lowest BCUT2D eigenvalue weighted by molar-refractivity contribution is 0.425. The van der Waals surface area contributed by atoms with Gasteiger partial charge in [-0.3, -0.25) is 9.36 Å². The zero-order valence-electron chi connectivity index (χ0n) is 17.2. The first-order chi connectivity index (χ1) is 15.3. The van der Waals surface area contributed by atoms with Gasteiger partial charge >= 0.3 is 0 Å². The summed E-state index contributed by atoms with van der Waals surface area (Å²) in [7, 11) is -4.31. The van der Waals surface area contributed by atoms with Crippen LogP contribution in [0.15, 0.2) is 67.6 Å². The van der Waals surface area contributed by atoms with Crippen LogP contribution in [0.2, 0.25) is 0 Å². The first-order valence-corrected chi connectivity index (χ1v) is 12.1. The molecule has 0 spiro atoms. The lowest BCUT2D eigenvalue weighted by atomic mass is 10.1. The number of benzene rings is 2. The summed E-state index contributed by atoms with van der Waals surface area (Å²) in [4.78, 5) is 16.4. The molecule has 0 aliphatic carbocycles. The van der Waals surface area contributed by atoms with Crippen molar-refractivity contribution in [3.8, 4) is 11.9 Å². The molecule has 2 aromatic carbocycles. The smallest absolute Gasteiger partial charge is 0.280 e. The summed E-state index contributed by atoms with van der Waals surface area (Å²) in [5, 5.41) is 19.5. The molecule has 0 aliphatic heterocycles. The Morgan fingerprint density at radius 1 is 1.22 bits per heavy atom. The lowest BCUT2D eigenvalue weighted by Gasteiger charge is -2.12. The molecule has 9 heteroatoms. The van der Waals surface area contributed by atoms with Crippen LogP contribution < -0.4 is 5.56 Å². The van der Waals surface area contributed by atoms with Gasteiger partial charge in [0.05, 0.1) is 16.5 Å². The third-order valence-corrected chi connectivity index (χ3v) is 7.02. The highest BCUT2D eigenvalue weighted by Crippen LogP contribution is 2.26. The summed E-state index contributed by atoms with van der Waals surface area (Å²) in [6.07, 6.45) is 4.90. The molecule has 0 atom stereocenters. The Labute approximate surface area is 194 Å². The molecule has 0 amide bonds. The van der Waals surface area contributed by atoms with Crippen molar-refractivity contribution >= 4 is 38.0 Å². The normalized spacial score (nSPS) is 11.5. The number of sulfone groups is 1. The molecule has 7 nitrogen and oxygen atoms in total. The summed E-state index contributed by atoms with van der Waals surface area (Å²) in [6, 6.07) is 14.6. The molecule has 0 aliphatic rings. The summed E-state index contributed by atoms with van der Waals surface area (Å²) >= 11 is 3.24. The number of halogens is 1. The molecule has 0 unspecified atom stereocenters. The Morgan fingerprint density at radius 3 is 2.59 bits per heavy atom. The number of hydrogen-bond donors (Lipinski definition) is 1. The molecule has 1 heterocycles. The number of aromatic hydroxyl groups is 1. The predicted molar refractivity (Wildman–Crippen MR) is 125 cm³/mol. The van der Waals surface area contributed by atoms with E-state index < -0.39 is 26.2 Å². The highest BCUT2D eigenvalue weighted by molar-refractivity contribution is 9.10. The quantitative estimate of drug-likeness (QED) is 0.501. The molecular weight excluding hydrogens is 494 g/mol. The molecule has 0 fully saturated rings. The van der Waals surface area contributed by atoms with Gasteiger partial charge in [0.2, 0.25) is 15.7 Å². The zero-order chi connectivity index (χ0) is 23.3. The number of nitrogens with zero attached hydrogens (tertiary/aromatic N) is 3. The third-order valence-electron chi connectivity index (χ3n) is 4.71. The number of hydrogen-bond acceptors (Lipinski definition) is 6. The van der Waals surface area contributed by atoms with E-state index in [2.05, 4.69) is 20.9 Å². The molecule has 1 N–H and O–H groups in total. The van der Waals surface area contributed by atoms with Crippen LogP contribution in [-0.4, -0.2) is 23.1 Å². The number of nitriles is 1. The molecular formula is C23H20BrN3O4S. The van der Waals surface area contributed by atoms with Crippen molar-refractivity contribution < 1.29 is 13.5 Å². The van der Waals surface area contributed by atoms with E-state index >= 15 is 0 Å². The Morgan fingerprint density at radius 2 is 1.94 bits per heavy atom. The summed E-state index contributed by atoms with van der Waals surface area (Å²) in [6.45, 7) is 1.97. The van der Waals surface area contributed by atoms with Gasteiger partial charge in [0.25, 0.3) is 5.56 Å². The minimum atomic E-state index is -4.31. The third kappa shape index (κ3) is 4.98. The molecule has 0 saturated heterocycles. The van der Waals surface area contributed by atoms with Crippen molar-refractivity contribution in [2.75, 3.05) is 0 Å². The van der Waals surface area contributed by atoms with Crippen LogP contribution in [0.4, 0.5) is 0 Å². The molecule has 32 heavy (non-hydrogen) atoms. The fraction of sp³-hybridized carbons (Fsp3) is 0.174. The van der Waals surface area contributed by atoms with Gasteiger partial charge in [-0.05, 0) is 54.5 Å². The molecule has 3 rings (SSSR count). The van der Waals surface area contributed by atoms with Gasteiger partial charge in [-0.25, -0.2) is 8.42 Å². The molecule has 3 aromatic rings. The fourth-order valence-corrected chi connectivity index (χ4v) is 4.66. The van der Waals surface area contributed by atoms with Crippen molar-refractivity contribution in [1.29, 1.82) is 5.26 Å². The number of unbranched alkanes of at least 4 members (excludes halogenated alkanes) is 1. The van der Waals surface area contributed by atoms with Crippen molar-refractivity contribution in [3.05, 3.63) is 80.3 Å². The first kappa shape index (κ1) is 23.4. The Balaban J connectivity index is 2.18. The Hall–Kier alpha value is -3.22. The molecule has 0 bridgehead atoms.